The van der Waals surface area contributed by atoms with Crippen molar-refractivity contribution in [2.45, 2.75) is 18.9 Å². The van der Waals surface area contributed by atoms with Gasteiger partial charge in [-0.05, 0) is 43.0 Å². The van der Waals surface area contributed by atoms with Crippen molar-refractivity contribution in [3.8, 4) is 5.75 Å². The summed E-state index contributed by atoms with van der Waals surface area (Å²) in [6.45, 7) is 1.41. The molecule has 0 bridgehead atoms. The van der Waals surface area contributed by atoms with Gasteiger partial charge in [0.2, 0.25) is 0 Å². The first kappa shape index (κ1) is 13.2. The number of aliphatic hydroxyl groups is 1. The third-order valence-corrected chi connectivity index (χ3v) is 4.45. The van der Waals surface area contributed by atoms with Crippen LogP contribution in [0.1, 0.15) is 12.8 Å². The van der Waals surface area contributed by atoms with Gasteiger partial charge in [-0.2, -0.15) is 0 Å². The van der Waals surface area contributed by atoms with E-state index >= 15 is 0 Å². The number of carbonyl (C=O) groups is 1. The van der Waals surface area contributed by atoms with Crippen LogP contribution in [0.2, 0.25) is 0 Å². The molecule has 0 aromatic heterocycles. The molecule has 1 aromatic rings. The fourth-order valence-corrected chi connectivity index (χ4v) is 3.28. The molecule has 5 nitrogen and oxygen atoms in total. The molecular weight excluding hydrogens is 256 g/mol. The lowest BCUT2D eigenvalue weighted by molar-refractivity contribution is 0.127. The number of amides is 2. The number of ether oxygens (including phenoxy) is 1. The van der Waals surface area contributed by atoms with Crippen molar-refractivity contribution in [3.05, 3.63) is 24.3 Å². The van der Waals surface area contributed by atoms with Gasteiger partial charge in [0, 0.05) is 24.7 Å². The van der Waals surface area contributed by atoms with E-state index in [-0.39, 0.29) is 18.1 Å². The molecule has 20 heavy (non-hydrogen) atoms. The minimum absolute atomic E-state index is 0.0863. The molecule has 2 amide bonds. The highest BCUT2D eigenvalue weighted by atomic mass is 16.5. The summed E-state index contributed by atoms with van der Waals surface area (Å²) in [6, 6.07) is 7.19. The average molecular weight is 276 g/mol. The SMILES string of the molecule is COc1ccc(NC(=O)N2CC3CCC(O)C3C2)cc1. The second-order valence-corrected chi connectivity index (χ2v) is 5.63. The van der Waals surface area contributed by atoms with Crippen LogP contribution in [0.4, 0.5) is 10.5 Å². The number of rotatable bonds is 2. The molecule has 0 radical (unpaired) electrons. The minimum atomic E-state index is -0.237. The minimum Gasteiger partial charge on any atom is -0.497 e. The van der Waals surface area contributed by atoms with E-state index < -0.39 is 0 Å². The summed E-state index contributed by atoms with van der Waals surface area (Å²) in [5.74, 6) is 1.49. The molecule has 2 fully saturated rings. The first-order chi connectivity index (χ1) is 9.67. The van der Waals surface area contributed by atoms with Gasteiger partial charge < -0.3 is 20.1 Å². The van der Waals surface area contributed by atoms with E-state index in [2.05, 4.69) is 5.32 Å². The van der Waals surface area contributed by atoms with Crippen LogP contribution in [0, 0.1) is 11.8 Å². The van der Waals surface area contributed by atoms with Gasteiger partial charge in [-0.1, -0.05) is 0 Å². The number of methoxy groups -OCH3 is 1. The van der Waals surface area contributed by atoms with Crippen LogP contribution in [-0.2, 0) is 0 Å². The monoisotopic (exact) mass is 276 g/mol. The van der Waals surface area contributed by atoms with Crippen molar-refractivity contribution in [1.82, 2.24) is 4.90 Å². The van der Waals surface area contributed by atoms with Crippen molar-refractivity contribution >= 4 is 11.7 Å². The number of nitrogens with zero attached hydrogens (tertiary/aromatic N) is 1. The van der Waals surface area contributed by atoms with Crippen LogP contribution in [-0.4, -0.2) is 42.3 Å². The second kappa shape index (κ2) is 5.32. The van der Waals surface area contributed by atoms with E-state index in [0.29, 0.717) is 12.5 Å². The number of fused-ring (bicyclic) bond motifs is 1. The summed E-state index contributed by atoms with van der Waals surface area (Å²) in [4.78, 5) is 14.0. The van der Waals surface area contributed by atoms with E-state index in [1.165, 1.54) is 0 Å². The number of likely N-dealkylation sites (tertiary alicyclic amines) is 1. The molecule has 1 heterocycles. The lowest BCUT2D eigenvalue weighted by Gasteiger charge is -2.19. The van der Waals surface area contributed by atoms with Gasteiger partial charge in [0.1, 0.15) is 5.75 Å². The molecule has 0 spiro atoms. The Labute approximate surface area is 118 Å². The van der Waals surface area contributed by atoms with Gasteiger partial charge in [-0.3, -0.25) is 0 Å². The molecule has 2 N–H and O–H groups in total. The largest absolute Gasteiger partial charge is 0.497 e. The highest BCUT2D eigenvalue weighted by Crippen LogP contribution is 2.38. The van der Waals surface area contributed by atoms with Gasteiger partial charge in [-0.15, -0.1) is 0 Å². The highest BCUT2D eigenvalue weighted by Gasteiger charge is 2.43. The Balaban J connectivity index is 1.59. The second-order valence-electron chi connectivity index (χ2n) is 5.63. The number of anilines is 1. The molecule has 1 aliphatic carbocycles. The van der Waals surface area contributed by atoms with Crippen molar-refractivity contribution in [3.63, 3.8) is 0 Å². The maximum atomic E-state index is 12.2. The number of nitrogens with one attached hydrogen (secondary N) is 1. The van der Waals surface area contributed by atoms with Crippen LogP contribution < -0.4 is 10.1 Å². The molecule has 5 heteroatoms. The number of urea groups is 1. The number of aliphatic hydroxyl groups excluding tert-OH is 1. The normalized spacial score (nSPS) is 28.3. The Bertz CT molecular complexity index is 488. The molecule has 3 atom stereocenters. The molecule has 1 saturated carbocycles. The maximum absolute atomic E-state index is 12.2. The predicted molar refractivity (Wildman–Crippen MR) is 75.8 cm³/mol. The first-order valence-corrected chi connectivity index (χ1v) is 7.05. The van der Waals surface area contributed by atoms with Crippen molar-refractivity contribution in [1.29, 1.82) is 0 Å². The predicted octanol–water partition coefficient (Wildman–Crippen LogP) is 1.93. The fraction of sp³-hybridized carbons (Fsp3) is 0.533. The molecule has 1 saturated heterocycles. The highest BCUT2D eigenvalue weighted by molar-refractivity contribution is 5.89. The first-order valence-electron chi connectivity index (χ1n) is 7.05. The summed E-state index contributed by atoms with van der Waals surface area (Å²) >= 11 is 0. The summed E-state index contributed by atoms with van der Waals surface area (Å²) < 4.78 is 5.09. The topological polar surface area (TPSA) is 61.8 Å². The fourth-order valence-electron chi connectivity index (χ4n) is 3.28. The number of hydrogen-bond acceptors (Lipinski definition) is 3. The van der Waals surface area contributed by atoms with Crippen LogP contribution in [0.15, 0.2) is 24.3 Å². The Morgan fingerprint density at radius 2 is 2.05 bits per heavy atom. The molecule has 3 rings (SSSR count). The molecular formula is C15H20N2O3. The van der Waals surface area contributed by atoms with Crippen molar-refractivity contribution in [2.75, 3.05) is 25.5 Å². The summed E-state index contributed by atoms with van der Waals surface area (Å²) in [6.07, 6.45) is 1.67. The van der Waals surface area contributed by atoms with Crippen molar-refractivity contribution in [2.24, 2.45) is 11.8 Å². The summed E-state index contributed by atoms with van der Waals surface area (Å²) in [5, 5.41) is 12.8. The van der Waals surface area contributed by atoms with Gasteiger partial charge in [0.15, 0.2) is 0 Å². The Morgan fingerprint density at radius 1 is 1.30 bits per heavy atom. The van der Waals surface area contributed by atoms with E-state index in [4.69, 9.17) is 4.74 Å². The number of carbonyl (C=O) groups excluding carboxylic acids is 1. The average Bonchev–Trinajstić information content (AvgIpc) is 3.02. The van der Waals surface area contributed by atoms with Gasteiger partial charge in [-0.25, -0.2) is 4.79 Å². The lowest BCUT2D eigenvalue weighted by Crippen LogP contribution is -2.34. The molecule has 1 aromatic carbocycles. The van der Waals surface area contributed by atoms with E-state index in [0.717, 1.165) is 30.8 Å². The molecule has 1 aliphatic heterocycles. The maximum Gasteiger partial charge on any atom is 0.321 e. The third-order valence-electron chi connectivity index (χ3n) is 4.45. The molecule has 2 aliphatic rings. The molecule has 3 unspecified atom stereocenters. The zero-order valence-electron chi connectivity index (χ0n) is 11.6. The molecule has 108 valence electrons. The lowest BCUT2D eigenvalue weighted by atomic mass is 10.00. The Morgan fingerprint density at radius 3 is 2.70 bits per heavy atom. The van der Waals surface area contributed by atoms with Crippen LogP contribution >= 0.6 is 0 Å². The van der Waals surface area contributed by atoms with Gasteiger partial charge in [0.25, 0.3) is 0 Å². The smallest absolute Gasteiger partial charge is 0.321 e. The summed E-state index contributed by atoms with van der Waals surface area (Å²) in [5.41, 5.74) is 0.758. The number of hydrogen-bond donors (Lipinski definition) is 2. The van der Waals surface area contributed by atoms with E-state index in [1.54, 1.807) is 7.11 Å². The summed E-state index contributed by atoms with van der Waals surface area (Å²) in [7, 11) is 1.61. The Kier molecular flexibility index (Phi) is 3.53. The van der Waals surface area contributed by atoms with E-state index in [9.17, 15) is 9.90 Å². The standard InChI is InChI=1S/C15H20N2O3/c1-20-12-5-3-11(4-6-12)16-15(19)17-8-10-2-7-14(18)13(10)9-17/h3-6,10,13-14,18H,2,7-9H2,1H3,(H,16,19). The Hall–Kier alpha value is -1.75. The zero-order valence-corrected chi connectivity index (χ0v) is 11.6. The van der Waals surface area contributed by atoms with Crippen LogP contribution in [0.3, 0.4) is 0 Å². The van der Waals surface area contributed by atoms with Crippen molar-refractivity contribution < 1.29 is 14.6 Å². The zero-order chi connectivity index (χ0) is 14.1. The van der Waals surface area contributed by atoms with Gasteiger partial charge in [0.05, 0.1) is 13.2 Å². The van der Waals surface area contributed by atoms with Crippen LogP contribution in [0.5, 0.6) is 5.75 Å². The van der Waals surface area contributed by atoms with Crippen LogP contribution in [0.25, 0.3) is 0 Å². The van der Waals surface area contributed by atoms with Gasteiger partial charge >= 0.3 is 6.03 Å². The third kappa shape index (κ3) is 2.45. The number of benzene rings is 1. The van der Waals surface area contributed by atoms with E-state index in [1.807, 2.05) is 29.2 Å². The quantitative estimate of drug-likeness (QED) is 0.867.